The van der Waals surface area contributed by atoms with Crippen molar-refractivity contribution in [3.05, 3.63) is 29.8 Å². The van der Waals surface area contributed by atoms with Gasteiger partial charge in [-0.3, -0.25) is 9.69 Å². The first-order valence-corrected chi connectivity index (χ1v) is 8.85. The number of carbonyl (C=O) groups excluding carboxylic acids is 1. The Hall–Kier alpha value is -1.59. The van der Waals surface area contributed by atoms with Gasteiger partial charge in [0.25, 0.3) is 0 Å². The molecule has 1 unspecified atom stereocenters. The Balaban J connectivity index is 1.78. The van der Waals surface area contributed by atoms with E-state index >= 15 is 0 Å². The van der Waals surface area contributed by atoms with Crippen LogP contribution in [0.15, 0.2) is 24.3 Å². The highest BCUT2D eigenvalue weighted by Gasteiger charge is 2.24. The number of rotatable bonds is 7. The Morgan fingerprint density at radius 3 is 2.50 bits per heavy atom. The molecule has 1 saturated heterocycles. The fourth-order valence-corrected chi connectivity index (χ4v) is 3.13. The Morgan fingerprint density at radius 2 is 1.96 bits per heavy atom. The van der Waals surface area contributed by atoms with Gasteiger partial charge in [-0.1, -0.05) is 12.1 Å². The number of amides is 1. The summed E-state index contributed by atoms with van der Waals surface area (Å²) in [5, 5.41) is 9.65. The molecule has 1 aromatic carbocycles. The highest BCUT2D eigenvalue weighted by Crippen LogP contribution is 2.20. The highest BCUT2D eigenvalue weighted by atomic mass is 16.5. The standard InChI is InChI=1S/C19H30N2O3/c1-4-24-18-7-5-16(6-8-18)13-20(3)19(23)14-21-11-9-17(10-12-21)15(2)22/h5-8,15,17,22H,4,9-14H2,1-3H3. The SMILES string of the molecule is CCOc1ccc(CN(C)C(=O)CN2CCC(C(C)O)CC2)cc1. The number of likely N-dealkylation sites (N-methyl/N-ethyl adjacent to an activating group) is 1. The molecular weight excluding hydrogens is 304 g/mol. The molecule has 0 aliphatic carbocycles. The molecule has 134 valence electrons. The lowest BCUT2D eigenvalue weighted by molar-refractivity contribution is -0.132. The molecule has 1 fully saturated rings. The van der Waals surface area contributed by atoms with E-state index in [1.165, 1.54) is 0 Å². The van der Waals surface area contributed by atoms with Crippen molar-refractivity contribution in [2.75, 3.05) is 33.3 Å². The van der Waals surface area contributed by atoms with Crippen LogP contribution in [-0.2, 0) is 11.3 Å². The normalized spacial score (nSPS) is 17.5. The number of likely N-dealkylation sites (tertiary alicyclic amines) is 1. The van der Waals surface area contributed by atoms with Crippen LogP contribution in [0, 0.1) is 5.92 Å². The molecule has 0 spiro atoms. The minimum absolute atomic E-state index is 0.138. The van der Waals surface area contributed by atoms with Crippen LogP contribution in [0.1, 0.15) is 32.3 Å². The van der Waals surface area contributed by atoms with E-state index in [1.54, 1.807) is 4.90 Å². The molecule has 5 nitrogen and oxygen atoms in total. The summed E-state index contributed by atoms with van der Waals surface area (Å²) >= 11 is 0. The average Bonchev–Trinajstić information content (AvgIpc) is 2.57. The van der Waals surface area contributed by atoms with Gasteiger partial charge in [0.2, 0.25) is 5.91 Å². The zero-order valence-electron chi connectivity index (χ0n) is 15.1. The van der Waals surface area contributed by atoms with Crippen LogP contribution in [0.5, 0.6) is 5.75 Å². The smallest absolute Gasteiger partial charge is 0.236 e. The van der Waals surface area contributed by atoms with Gasteiger partial charge in [-0.25, -0.2) is 0 Å². The van der Waals surface area contributed by atoms with Gasteiger partial charge >= 0.3 is 0 Å². The van der Waals surface area contributed by atoms with Crippen molar-refractivity contribution in [3.63, 3.8) is 0 Å². The van der Waals surface area contributed by atoms with Crippen molar-refractivity contribution < 1.29 is 14.6 Å². The minimum atomic E-state index is -0.245. The molecule has 5 heteroatoms. The van der Waals surface area contributed by atoms with Gasteiger partial charge in [0.05, 0.1) is 19.3 Å². The molecule has 1 heterocycles. The van der Waals surface area contributed by atoms with E-state index in [9.17, 15) is 9.90 Å². The molecule has 0 saturated carbocycles. The average molecular weight is 334 g/mol. The number of hydrogen-bond acceptors (Lipinski definition) is 4. The van der Waals surface area contributed by atoms with Crippen molar-refractivity contribution in [3.8, 4) is 5.75 Å². The Labute approximate surface area is 145 Å². The molecule has 24 heavy (non-hydrogen) atoms. The summed E-state index contributed by atoms with van der Waals surface area (Å²) in [7, 11) is 1.85. The number of aliphatic hydroxyl groups excluding tert-OH is 1. The Bertz CT molecular complexity index is 508. The van der Waals surface area contributed by atoms with Crippen LogP contribution in [0.25, 0.3) is 0 Å². The maximum absolute atomic E-state index is 12.4. The molecule has 0 radical (unpaired) electrons. The first kappa shape index (κ1) is 18.7. The van der Waals surface area contributed by atoms with Gasteiger partial charge in [-0.2, -0.15) is 0 Å². The summed E-state index contributed by atoms with van der Waals surface area (Å²) in [5.41, 5.74) is 1.10. The lowest BCUT2D eigenvalue weighted by atomic mass is 9.92. The largest absolute Gasteiger partial charge is 0.494 e. The summed E-state index contributed by atoms with van der Waals surface area (Å²) < 4.78 is 5.43. The predicted molar refractivity (Wildman–Crippen MR) is 94.9 cm³/mol. The predicted octanol–water partition coefficient (Wildman–Crippen LogP) is 2.14. The van der Waals surface area contributed by atoms with Crippen molar-refractivity contribution in [1.29, 1.82) is 0 Å². The fourth-order valence-electron chi connectivity index (χ4n) is 3.13. The molecule has 1 N–H and O–H groups in total. The van der Waals surface area contributed by atoms with Crippen molar-refractivity contribution in [2.24, 2.45) is 5.92 Å². The molecule has 1 aliphatic heterocycles. The van der Waals surface area contributed by atoms with Crippen LogP contribution < -0.4 is 4.74 Å². The summed E-state index contributed by atoms with van der Waals surface area (Å²) in [5.74, 6) is 1.37. The highest BCUT2D eigenvalue weighted by molar-refractivity contribution is 5.78. The topological polar surface area (TPSA) is 53.0 Å². The van der Waals surface area contributed by atoms with E-state index in [0.717, 1.165) is 37.2 Å². The number of nitrogens with zero attached hydrogens (tertiary/aromatic N) is 2. The van der Waals surface area contributed by atoms with Gasteiger partial charge in [-0.15, -0.1) is 0 Å². The van der Waals surface area contributed by atoms with E-state index in [0.29, 0.717) is 25.6 Å². The van der Waals surface area contributed by atoms with E-state index in [2.05, 4.69) is 4.90 Å². The second-order valence-electron chi connectivity index (χ2n) is 6.68. The van der Waals surface area contributed by atoms with Crippen molar-refractivity contribution in [2.45, 2.75) is 39.3 Å². The second kappa shape index (κ2) is 9.04. The van der Waals surface area contributed by atoms with Gasteiger partial charge in [0.15, 0.2) is 0 Å². The van der Waals surface area contributed by atoms with Crippen LogP contribution in [0.3, 0.4) is 0 Å². The van der Waals surface area contributed by atoms with Gasteiger partial charge in [0.1, 0.15) is 5.75 Å². The third kappa shape index (κ3) is 5.49. The van der Waals surface area contributed by atoms with Crippen molar-refractivity contribution in [1.82, 2.24) is 9.80 Å². The molecule has 1 atom stereocenters. The van der Waals surface area contributed by atoms with Crippen molar-refractivity contribution >= 4 is 5.91 Å². The molecular formula is C19H30N2O3. The molecule has 2 rings (SSSR count). The number of ether oxygens (including phenoxy) is 1. The fraction of sp³-hybridized carbons (Fsp3) is 0.632. The maximum atomic E-state index is 12.4. The molecule has 1 amide bonds. The molecule has 1 aromatic rings. The summed E-state index contributed by atoms with van der Waals surface area (Å²) in [4.78, 5) is 16.4. The monoisotopic (exact) mass is 334 g/mol. The number of piperidine rings is 1. The minimum Gasteiger partial charge on any atom is -0.494 e. The Morgan fingerprint density at radius 1 is 1.33 bits per heavy atom. The number of benzene rings is 1. The van der Waals surface area contributed by atoms with Crippen LogP contribution in [0.4, 0.5) is 0 Å². The molecule has 0 aromatic heterocycles. The van der Waals surface area contributed by atoms with Crippen LogP contribution in [-0.4, -0.2) is 60.2 Å². The van der Waals surface area contributed by atoms with Crippen LogP contribution in [0.2, 0.25) is 0 Å². The van der Waals surface area contributed by atoms with E-state index in [1.807, 2.05) is 45.2 Å². The lowest BCUT2D eigenvalue weighted by Crippen LogP contribution is -2.43. The third-order valence-corrected chi connectivity index (χ3v) is 4.75. The third-order valence-electron chi connectivity index (χ3n) is 4.75. The lowest BCUT2D eigenvalue weighted by Gasteiger charge is -2.33. The van der Waals surface area contributed by atoms with E-state index in [-0.39, 0.29) is 12.0 Å². The molecule has 1 aliphatic rings. The van der Waals surface area contributed by atoms with Gasteiger partial charge < -0.3 is 14.7 Å². The summed E-state index contributed by atoms with van der Waals surface area (Å²) in [6.07, 6.45) is 1.69. The second-order valence-corrected chi connectivity index (χ2v) is 6.68. The Kier molecular flexibility index (Phi) is 7.06. The number of aliphatic hydroxyl groups is 1. The number of carbonyl (C=O) groups is 1. The van der Waals surface area contributed by atoms with Gasteiger partial charge in [-0.05, 0) is 63.4 Å². The van der Waals surface area contributed by atoms with E-state index < -0.39 is 0 Å². The summed E-state index contributed by atoms with van der Waals surface area (Å²) in [6, 6.07) is 7.89. The first-order valence-electron chi connectivity index (χ1n) is 8.85. The first-order chi connectivity index (χ1) is 11.5. The molecule has 0 bridgehead atoms. The number of hydrogen-bond donors (Lipinski definition) is 1. The zero-order chi connectivity index (χ0) is 17.5. The van der Waals surface area contributed by atoms with Crippen LogP contribution >= 0.6 is 0 Å². The quantitative estimate of drug-likeness (QED) is 0.830. The maximum Gasteiger partial charge on any atom is 0.236 e. The summed E-state index contributed by atoms with van der Waals surface area (Å²) in [6.45, 7) is 7.32. The van der Waals surface area contributed by atoms with E-state index in [4.69, 9.17) is 4.74 Å². The van der Waals surface area contributed by atoms with Gasteiger partial charge in [0, 0.05) is 13.6 Å². The zero-order valence-corrected chi connectivity index (χ0v) is 15.1.